The predicted molar refractivity (Wildman–Crippen MR) is 77.5 cm³/mol. The van der Waals surface area contributed by atoms with Crippen molar-refractivity contribution in [3.8, 4) is 0 Å². The summed E-state index contributed by atoms with van der Waals surface area (Å²) in [6.07, 6.45) is 15.5. The first kappa shape index (κ1) is 10.8. The first-order valence-corrected chi connectivity index (χ1v) is 7.58. The highest BCUT2D eigenvalue weighted by Crippen LogP contribution is 2.26. The van der Waals surface area contributed by atoms with Crippen molar-refractivity contribution in [3.63, 3.8) is 0 Å². The molecule has 0 aromatic heterocycles. The van der Waals surface area contributed by atoms with Gasteiger partial charge in [0.2, 0.25) is 0 Å². The zero-order valence-corrected chi connectivity index (χ0v) is 11.2. The molecule has 0 amide bonds. The van der Waals surface area contributed by atoms with Crippen LogP contribution in [0.1, 0.15) is 13.8 Å². The molecule has 1 aliphatic heterocycles. The first-order valence-electron chi connectivity index (χ1n) is 5.09. The van der Waals surface area contributed by atoms with E-state index in [2.05, 4.69) is 64.5 Å². The molecule has 2 aliphatic rings. The van der Waals surface area contributed by atoms with E-state index in [-0.39, 0.29) is 26.1 Å². The van der Waals surface area contributed by atoms with Gasteiger partial charge in [-0.3, -0.25) is 0 Å². The molecule has 1 heteroatoms. The second-order valence-corrected chi connectivity index (χ2v) is 6.37. The van der Waals surface area contributed by atoms with Crippen molar-refractivity contribution in [2.75, 3.05) is 0 Å². The summed E-state index contributed by atoms with van der Waals surface area (Å²) < 4.78 is 4.66. The molecule has 15 heavy (non-hydrogen) atoms. The Bertz CT molecular complexity index is 426. The van der Waals surface area contributed by atoms with E-state index in [9.17, 15) is 0 Å². The van der Waals surface area contributed by atoms with Crippen LogP contribution in [0.4, 0.5) is 0 Å². The normalized spacial score (nSPS) is 22.8. The van der Waals surface area contributed by atoms with Crippen LogP contribution in [0.2, 0.25) is 0 Å². The summed E-state index contributed by atoms with van der Waals surface area (Å²) in [4.78, 5) is 0. The van der Waals surface area contributed by atoms with Gasteiger partial charge in [-0.1, -0.05) is 77.1 Å². The minimum Gasteiger partial charge on any atom is -0.0931 e. The lowest BCUT2D eigenvalue weighted by molar-refractivity contribution is 0.627. The summed E-state index contributed by atoms with van der Waals surface area (Å²) in [7, 11) is 0. The molecular weight excluding hydrogens is 295 g/mol. The summed E-state index contributed by atoms with van der Waals surface area (Å²) in [6.45, 7) is 4.45. The number of allylic oxidation sites excluding steroid dienone is 9. The van der Waals surface area contributed by atoms with Gasteiger partial charge in [0.1, 0.15) is 0 Å². The molecule has 2 rings (SSSR count). The maximum Gasteiger partial charge on any atom is 0.00109 e. The Kier molecular flexibility index (Phi) is 3.19. The largest absolute Gasteiger partial charge is 0.0931 e. The molecule has 0 saturated heterocycles. The van der Waals surface area contributed by atoms with E-state index in [1.807, 2.05) is 0 Å². The highest BCUT2D eigenvalue weighted by atomic mass is 127. The maximum absolute atomic E-state index is 2.38. The monoisotopic (exact) mass is 310 g/mol. The Hall–Kier alpha value is -0.700. The molecule has 0 bridgehead atoms. The Balaban J connectivity index is 2.30. The van der Waals surface area contributed by atoms with Crippen molar-refractivity contribution in [2.45, 2.75) is 13.8 Å². The Morgan fingerprint density at radius 1 is 1.00 bits per heavy atom. The Labute approximate surface area is 102 Å². The van der Waals surface area contributed by atoms with Gasteiger partial charge in [-0.15, -0.1) is 0 Å². The molecule has 1 aliphatic carbocycles. The quantitative estimate of drug-likeness (QED) is 0.634. The molecular formula is C14H15I. The van der Waals surface area contributed by atoms with Crippen molar-refractivity contribution < 1.29 is 0 Å². The van der Waals surface area contributed by atoms with Crippen molar-refractivity contribution in [3.05, 3.63) is 57.8 Å². The summed E-state index contributed by atoms with van der Waals surface area (Å²) >= 11 is 0.142. The molecule has 0 radical (unpaired) electrons. The van der Waals surface area contributed by atoms with Crippen LogP contribution >= 0.6 is 20.7 Å². The molecule has 0 unspecified atom stereocenters. The minimum atomic E-state index is 0.142. The van der Waals surface area contributed by atoms with Gasteiger partial charge >= 0.3 is 0 Å². The van der Waals surface area contributed by atoms with Gasteiger partial charge in [-0.2, -0.15) is 0 Å². The molecule has 0 aromatic rings. The molecule has 0 atom stereocenters. The van der Waals surface area contributed by atoms with E-state index in [1.54, 1.807) is 0 Å². The van der Waals surface area contributed by atoms with Crippen molar-refractivity contribution in [2.24, 2.45) is 5.41 Å². The highest BCUT2D eigenvalue weighted by molar-refractivity contribution is 14.2. The number of halogens is 1. The fraction of sp³-hybridized carbons (Fsp3) is 0.214. The number of rotatable bonds is 1. The van der Waals surface area contributed by atoms with Gasteiger partial charge in [0, 0.05) is 5.41 Å². The van der Waals surface area contributed by atoms with Crippen LogP contribution in [0.3, 0.4) is 0 Å². The lowest BCUT2D eigenvalue weighted by atomic mass is 9.93. The Morgan fingerprint density at radius 2 is 1.80 bits per heavy atom. The molecule has 1 heterocycles. The average Bonchev–Trinajstić information content (AvgIpc) is 2.41. The van der Waals surface area contributed by atoms with Crippen molar-refractivity contribution in [1.29, 1.82) is 0 Å². The van der Waals surface area contributed by atoms with E-state index < -0.39 is 0 Å². The fourth-order valence-corrected chi connectivity index (χ4v) is 3.10. The van der Waals surface area contributed by atoms with Crippen LogP contribution in [0.25, 0.3) is 0 Å². The third kappa shape index (κ3) is 2.88. The SMILES string of the molecule is CC1(C)C=CC=C(C2=CC=CI=C2)C=C1. The Morgan fingerprint density at radius 3 is 2.53 bits per heavy atom. The molecule has 0 aromatic carbocycles. The van der Waals surface area contributed by atoms with Gasteiger partial charge in [0.25, 0.3) is 0 Å². The van der Waals surface area contributed by atoms with E-state index >= 15 is 0 Å². The van der Waals surface area contributed by atoms with E-state index in [0.29, 0.717) is 0 Å². The van der Waals surface area contributed by atoms with Crippen molar-refractivity contribution in [1.82, 2.24) is 0 Å². The standard InChI is InChI=1S/C14H15I/c1-14(2)8-3-5-12(7-9-14)13-6-4-10-15-11-13/h3-11H,1-2H3. The van der Waals surface area contributed by atoms with Crippen LogP contribution in [0.15, 0.2) is 57.8 Å². The van der Waals surface area contributed by atoms with Crippen LogP contribution in [0.5, 0.6) is 0 Å². The van der Waals surface area contributed by atoms with Crippen LogP contribution in [-0.2, 0) is 0 Å². The van der Waals surface area contributed by atoms with E-state index in [4.69, 9.17) is 0 Å². The van der Waals surface area contributed by atoms with E-state index in [1.165, 1.54) is 11.1 Å². The lowest BCUT2D eigenvalue weighted by Gasteiger charge is -2.12. The van der Waals surface area contributed by atoms with Gasteiger partial charge < -0.3 is 0 Å². The summed E-state index contributed by atoms with van der Waals surface area (Å²) in [5.41, 5.74) is 2.89. The molecule has 0 fully saturated rings. The second kappa shape index (κ2) is 4.44. The molecule has 0 saturated carbocycles. The predicted octanol–water partition coefficient (Wildman–Crippen LogP) is 4.29. The average molecular weight is 310 g/mol. The van der Waals surface area contributed by atoms with Gasteiger partial charge in [-0.05, 0) is 19.2 Å². The summed E-state index contributed by atoms with van der Waals surface area (Å²) in [6, 6.07) is 0. The summed E-state index contributed by atoms with van der Waals surface area (Å²) in [5, 5.41) is 0. The molecule has 0 N–H and O–H groups in total. The van der Waals surface area contributed by atoms with Crippen molar-refractivity contribution >= 4 is 24.7 Å². The zero-order chi connectivity index (χ0) is 10.7. The molecule has 78 valence electrons. The number of hydrogen-bond donors (Lipinski definition) is 0. The third-order valence-corrected chi connectivity index (χ3v) is 4.29. The number of hydrogen-bond acceptors (Lipinski definition) is 0. The van der Waals surface area contributed by atoms with Crippen LogP contribution in [-0.4, -0.2) is 4.01 Å². The van der Waals surface area contributed by atoms with Crippen LogP contribution < -0.4 is 0 Å². The minimum absolute atomic E-state index is 0.142. The topological polar surface area (TPSA) is 0 Å². The third-order valence-electron chi connectivity index (χ3n) is 2.43. The lowest BCUT2D eigenvalue weighted by Crippen LogP contribution is -2.00. The maximum atomic E-state index is 2.38. The fourth-order valence-electron chi connectivity index (χ4n) is 1.49. The van der Waals surface area contributed by atoms with Gasteiger partial charge in [0.15, 0.2) is 0 Å². The highest BCUT2D eigenvalue weighted by Gasteiger charge is 2.11. The van der Waals surface area contributed by atoms with Crippen LogP contribution in [0, 0.1) is 5.41 Å². The van der Waals surface area contributed by atoms with Gasteiger partial charge in [0.05, 0.1) is 0 Å². The second-order valence-electron chi connectivity index (χ2n) is 4.31. The first-order chi connectivity index (χ1) is 7.17. The smallest absolute Gasteiger partial charge is 0.00109 e. The molecule has 0 spiro atoms. The summed E-state index contributed by atoms with van der Waals surface area (Å²) in [5.74, 6) is 0. The molecule has 0 nitrogen and oxygen atoms in total. The van der Waals surface area contributed by atoms with Gasteiger partial charge in [-0.25, -0.2) is 0 Å². The van der Waals surface area contributed by atoms with E-state index in [0.717, 1.165) is 0 Å². The zero-order valence-electron chi connectivity index (χ0n) is 9.07.